The average Bonchev–Trinajstić information content (AvgIpc) is 3.23. The standard InChI is InChI=1S/C25H17ClN2O2S/c26-17-12-13-20(19(14-17)25-28-21-9-3-4-11-23(21)31-25)27-24(29)15-30-22-10-5-7-16-6-1-2-8-18(16)22/h1-14H,15H2,(H,27,29). The zero-order chi connectivity index (χ0) is 21.2. The lowest BCUT2D eigenvalue weighted by Crippen LogP contribution is -2.20. The molecule has 4 nitrogen and oxygen atoms in total. The maximum atomic E-state index is 12.7. The number of para-hydroxylation sites is 1. The Balaban J connectivity index is 1.38. The van der Waals surface area contributed by atoms with Crippen LogP contribution >= 0.6 is 22.9 Å². The van der Waals surface area contributed by atoms with Gasteiger partial charge in [-0.2, -0.15) is 0 Å². The van der Waals surface area contributed by atoms with Crippen LogP contribution in [0, 0.1) is 0 Å². The Kier molecular flexibility index (Phi) is 5.28. The molecular weight excluding hydrogens is 428 g/mol. The van der Waals surface area contributed by atoms with Crippen LogP contribution in [0.5, 0.6) is 5.75 Å². The largest absolute Gasteiger partial charge is 0.483 e. The van der Waals surface area contributed by atoms with Crippen LogP contribution in [0.2, 0.25) is 5.02 Å². The van der Waals surface area contributed by atoms with Gasteiger partial charge < -0.3 is 10.1 Å². The summed E-state index contributed by atoms with van der Waals surface area (Å²) in [5.74, 6) is 0.424. The summed E-state index contributed by atoms with van der Waals surface area (Å²) in [4.78, 5) is 17.4. The number of benzene rings is 4. The van der Waals surface area contributed by atoms with E-state index in [1.54, 1.807) is 23.5 Å². The number of halogens is 1. The maximum absolute atomic E-state index is 12.7. The molecule has 5 rings (SSSR count). The molecule has 5 aromatic rings. The molecule has 0 aliphatic rings. The molecular formula is C25H17ClN2O2S. The van der Waals surface area contributed by atoms with Crippen molar-refractivity contribution < 1.29 is 9.53 Å². The van der Waals surface area contributed by atoms with Crippen LogP contribution in [-0.2, 0) is 4.79 Å². The number of fused-ring (bicyclic) bond motifs is 2. The highest BCUT2D eigenvalue weighted by molar-refractivity contribution is 7.21. The first kappa shape index (κ1) is 19.5. The predicted octanol–water partition coefficient (Wildman–Crippen LogP) is 6.79. The summed E-state index contributed by atoms with van der Waals surface area (Å²) in [5.41, 5.74) is 2.35. The maximum Gasteiger partial charge on any atom is 0.262 e. The SMILES string of the molecule is O=C(COc1cccc2ccccc12)Nc1ccc(Cl)cc1-c1nc2ccccc2s1. The van der Waals surface area contributed by atoms with Gasteiger partial charge in [-0.3, -0.25) is 4.79 Å². The number of ether oxygens (including phenoxy) is 1. The van der Waals surface area contributed by atoms with E-state index in [1.165, 1.54) is 0 Å². The summed E-state index contributed by atoms with van der Waals surface area (Å²) >= 11 is 7.80. The number of rotatable bonds is 5. The summed E-state index contributed by atoms with van der Waals surface area (Å²) in [7, 11) is 0. The summed E-state index contributed by atoms with van der Waals surface area (Å²) in [6.45, 7) is -0.101. The van der Waals surface area contributed by atoms with E-state index in [0.29, 0.717) is 16.5 Å². The number of amides is 1. The molecule has 4 aromatic carbocycles. The Hall–Kier alpha value is -3.41. The van der Waals surface area contributed by atoms with E-state index in [9.17, 15) is 4.79 Å². The van der Waals surface area contributed by atoms with Crippen molar-refractivity contribution in [2.75, 3.05) is 11.9 Å². The van der Waals surface area contributed by atoms with Crippen molar-refractivity contribution in [3.05, 3.63) is 90.0 Å². The Morgan fingerprint density at radius 3 is 2.68 bits per heavy atom. The number of carbonyl (C=O) groups is 1. The molecule has 0 unspecified atom stereocenters. The second kappa shape index (κ2) is 8.38. The van der Waals surface area contributed by atoms with Gasteiger partial charge in [0.15, 0.2) is 6.61 Å². The van der Waals surface area contributed by atoms with Crippen molar-refractivity contribution in [2.24, 2.45) is 0 Å². The van der Waals surface area contributed by atoms with Crippen LogP contribution in [0.3, 0.4) is 0 Å². The van der Waals surface area contributed by atoms with Gasteiger partial charge in [-0.25, -0.2) is 4.98 Å². The van der Waals surface area contributed by atoms with Gasteiger partial charge in [0, 0.05) is 16.0 Å². The highest BCUT2D eigenvalue weighted by atomic mass is 35.5. The van der Waals surface area contributed by atoms with Gasteiger partial charge in [0.2, 0.25) is 0 Å². The lowest BCUT2D eigenvalue weighted by atomic mass is 10.1. The third-order valence-electron chi connectivity index (χ3n) is 4.89. The second-order valence-electron chi connectivity index (χ2n) is 6.99. The third kappa shape index (κ3) is 4.10. The number of thiazole rings is 1. The molecule has 0 spiro atoms. The highest BCUT2D eigenvalue weighted by Crippen LogP contribution is 2.36. The van der Waals surface area contributed by atoms with Crippen LogP contribution in [0.25, 0.3) is 31.6 Å². The van der Waals surface area contributed by atoms with Gasteiger partial charge in [0.1, 0.15) is 10.8 Å². The molecule has 0 saturated heterocycles. The van der Waals surface area contributed by atoms with E-state index in [0.717, 1.165) is 31.6 Å². The normalized spacial score (nSPS) is 11.0. The fraction of sp³-hybridized carbons (Fsp3) is 0.0400. The second-order valence-corrected chi connectivity index (χ2v) is 8.46. The van der Waals surface area contributed by atoms with E-state index in [1.807, 2.05) is 72.8 Å². The van der Waals surface area contributed by atoms with Crippen molar-refractivity contribution in [3.8, 4) is 16.3 Å². The van der Waals surface area contributed by atoms with Gasteiger partial charge in [0.25, 0.3) is 5.91 Å². The number of nitrogens with one attached hydrogen (secondary N) is 1. The molecule has 0 radical (unpaired) electrons. The molecule has 1 aromatic heterocycles. The summed E-state index contributed by atoms with van der Waals surface area (Å²) in [6, 6.07) is 27.0. The number of anilines is 1. The lowest BCUT2D eigenvalue weighted by molar-refractivity contribution is -0.118. The average molecular weight is 445 g/mol. The minimum atomic E-state index is -0.252. The van der Waals surface area contributed by atoms with Gasteiger partial charge in [-0.05, 0) is 41.8 Å². The Labute approximate surface area is 188 Å². The lowest BCUT2D eigenvalue weighted by Gasteiger charge is -2.12. The van der Waals surface area contributed by atoms with Crippen molar-refractivity contribution in [3.63, 3.8) is 0 Å². The van der Waals surface area contributed by atoms with Crippen LogP contribution in [0.15, 0.2) is 84.9 Å². The molecule has 1 heterocycles. The van der Waals surface area contributed by atoms with Gasteiger partial charge in [-0.15, -0.1) is 11.3 Å². The third-order valence-corrected chi connectivity index (χ3v) is 6.19. The Bertz CT molecular complexity index is 1380. The molecule has 6 heteroatoms. The molecule has 0 fully saturated rings. The monoisotopic (exact) mass is 444 g/mol. The minimum Gasteiger partial charge on any atom is -0.483 e. The van der Waals surface area contributed by atoms with Crippen LogP contribution in [0.1, 0.15) is 0 Å². The van der Waals surface area contributed by atoms with Crippen molar-refractivity contribution >= 4 is 55.5 Å². The molecule has 0 aliphatic carbocycles. The Morgan fingerprint density at radius 1 is 0.968 bits per heavy atom. The number of hydrogen-bond acceptors (Lipinski definition) is 4. The van der Waals surface area contributed by atoms with E-state index < -0.39 is 0 Å². The van der Waals surface area contributed by atoms with E-state index >= 15 is 0 Å². The van der Waals surface area contributed by atoms with E-state index in [4.69, 9.17) is 21.3 Å². The topological polar surface area (TPSA) is 51.2 Å². The first-order valence-corrected chi connectivity index (χ1v) is 10.9. The number of nitrogens with zero attached hydrogens (tertiary/aromatic N) is 1. The zero-order valence-electron chi connectivity index (χ0n) is 16.3. The van der Waals surface area contributed by atoms with Crippen molar-refractivity contribution in [1.82, 2.24) is 4.98 Å². The molecule has 0 bridgehead atoms. The van der Waals surface area contributed by atoms with E-state index in [2.05, 4.69) is 5.32 Å². The first-order valence-electron chi connectivity index (χ1n) is 9.73. The minimum absolute atomic E-state index is 0.101. The molecule has 152 valence electrons. The molecule has 0 atom stereocenters. The highest BCUT2D eigenvalue weighted by Gasteiger charge is 2.14. The quantitative estimate of drug-likeness (QED) is 0.324. The van der Waals surface area contributed by atoms with Gasteiger partial charge in [-0.1, -0.05) is 60.1 Å². The van der Waals surface area contributed by atoms with Crippen molar-refractivity contribution in [2.45, 2.75) is 0 Å². The molecule has 1 amide bonds. The first-order chi connectivity index (χ1) is 15.2. The van der Waals surface area contributed by atoms with Crippen LogP contribution in [-0.4, -0.2) is 17.5 Å². The Morgan fingerprint density at radius 2 is 1.77 bits per heavy atom. The zero-order valence-corrected chi connectivity index (χ0v) is 17.9. The van der Waals surface area contributed by atoms with Gasteiger partial charge in [0.05, 0.1) is 15.9 Å². The fourth-order valence-electron chi connectivity index (χ4n) is 3.44. The van der Waals surface area contributed by atoms with Gasteiger partial charge >= 0.3 is 0 Å². The smallest absolute Gasteiger partial charge is 0.262 e. The summed E-state index contributed by atoms with van der Waals surface area (Å²) in [5, 5.41) is 6.36. The van der Waals surface area contributed by atoms with Crippen molar-refractivity contribution in [1.29, 1.82) is 0 Å². The summed E-state index contributed by atoms with van der Waals surface area (Å²) < 4.78 is 6.90. The van der Waals surface area contributed by atoms with Crippen LogP contribution in [0.4, 0.5) is 5.69 Å². The fourth-order valence-corrected chi connectivity index (χ4v) is 4.61. The molecule has 1 N–H and O–H groups in total. The predicted molar refractivity (Wildman–Crippen MR) is 128 cm³/mol. The molecule has 0 aliphatic heterocycles. The van der Waals surface area contributed by atoms with Crippen LogP contribution < -0.4 is 10.1 Å². The number of hydrogen-bond donors (Lipinski definition) is 1. The molecule has 0 saturated carbocycles. The number of carbonyl (C=O) groups excluding carboxylic acids is 1. The van der Waals surface area contributed by atoms with E-state index in [-0.39, 0.29) is 12.5 Å². The summed E-state index contributed by atoms with van der Waals surface area (Å²) in [6.07, 6.45) is 0. The molecule has 31 heavy (non-hydrogen) atoms. The number of aromatic nitrogens is 1.